The van der Waals surface area contributed by atoms with Gasteiger partial charge in [-0.2, -0.15) is 0 Å². The fraction of sp³-hybridized carbons (Fsp3) is 0.583. The first-order valence-electron chi connectivity index (χ1n) is 6.10. The average Bonchev–Trinajstić information content (AvgIpc) is 2.91. The SMILES string of the molecule is CNC(=O)N1CCC[C@@H]1C(=O)NC/C=C/C(=O)OC. The van der Waals surface area contributed by atoms with Gasteiger partial charge in [-0.05, 0) is 12.8 Å². The second-order valence-electron chi connectivity index (χ2n) is 4.08. The van der Waals surface area contributed by atoms with E-state index in [2.05, 4.69) is 15.4 Å². The zero-order valence-electron chi connectivity index (χ0n) is 11.1. The Labute approximate surface area is 112 Å². The van der Waals surface area contributed by atoms with Crippen LogP contribution in [0.25, 0.3) is 0 Å². The van der Waals surface area contributed by atoms with Gasteiger partial charge in [-0.15, -0.1) is 0 Å². The summed E-state index contributed by atoms with van der Waals surface area (Å²) in [5.74, 6) is -0.683. The molecule has 0 aromatic carbocycles. The summed E-state index contributed by atoms with van der Waals surface area (Å²) in [7, 11) is 2.82. The number of methoxy groups -OCH3 is 1. The summed E-state index contributed by atoms with van der Waals surface area (Å²) in [4.78, 5) is 35.8. The summed E-state index contributed by atoms with van der Waals surface area (Å²) < 4.78 is 4.42. The van der Waals surface area contributed by atoms with Crippen LogP contribution in [0.2, 0.25) is 0 Å². The van der Waals surface area contributed by atoms with Crippen LogP contribution in [0.5, 0.6) is 0 Å². The van der Waals surface area contributed by atoms with E-state index >= 15 is 0 Å². The summed E-state index contributed by atoms with van der Waals surface area (Å²) in [6.45, 7) is 0.807. The van der Waals surface area contributed by atoms with E-state index < -0.39 is 12.0 Å². The van der Waals surface area contributed by atoms with E-state index in [1.165, 1.54) is 31.2 Å². The number of hydrogen-bond donors (Lipinski definition) is 2. The number of amides is 3. The van der Waals surface area contributed by atoms with Crippen LogP contribution in [0.3, 0.4) is 0 Å². The minimum absolute atomic E-state index is 0.212. The molecular weight excluding hydrogens is 250 g/mol. The minimum Gasteiger partial charge on any atom is -0.466 e. The van der Waals surface area contributed by atoms with Crippen molar-refractivity contribution in [1.82, 2.24) is 15.5 Å². The Morgan fingerprint density at radius 2 is 2.16 bits per heavy atom. The first-order chi connectivity index (χ1) is 9.10. The molecule has 19 heavy (non-hydrogen) atoms. The van der Waals surface area contributed by atoms with Crippen molar-refractivity contribution in [2.75, 3.05) is 27.2 Å². The fourth-order valence-electron chi connectivity index (χ4n) is 1.93. The normalized spacial score (nSPS) is 18.4. The Hall–Kier alpha value is -2.05. The van der Waals surface area contributed by atoms with E-state index in [0.717, 1.165) is 6.42 Å². The molecule has 0 aromatic rings. The fourth-order valence-corrected chi connectivity index (χ4v) is 1.93. The van der Waals surface area contributed by atoms with Crippen LogP contribution in [0.15, 0.2) is 12.2 Å². The van der Waals surface area contributed by atoms with Crippen LogP contribution in [-0.2, 0) is 14.3 Å². The van der Waals surface area contributed by atoms with Crippen LogP contribution in [-0.4, -0.2) is 56.1 Å². The molecule has 3 amide bonds. The van der Waals surface area contributed by atoms with Crippen molar-refractivity contribution in [3.63, 3.8) is 0 Å². The third kappa shape index (κ3) is 4.27. The van der Waals surface area contributed by atoms with Gasteiger partial charge in [0.25, 0.3) is 0 Å². The lowest BCUT2D eigenvalue weighted by Crippen LogP contribution is -2.48. The molecule has 0 aromatic heterocycles. The lowest BCUT2D eigenvalue weighted by atomic mass is 10.2. The second kappa shape index (κ2) is 7.40. The Kier molecular flexibility index (Phi) is 5.84. The molecule has 0 aliphatic carbocycles. The lowest BCUT2D eigenvalue weighted by Gasteiger charge is -2.23. The van der Waals surface area contributed by atoms with Gasteiger partial charge in [0.1, 0.15) is 6.04 Å². The molecule has 2 N–H and O–H groups in total. The number of likely N-dealkylation sites (tertiary alicyclic amines) is 1. The van der Waals surface area contributed by atoms with E-state index in [9.17, 15) is 14.4 Å². The number of nitrogens with zero attached hydrogens (tertiary/aromatic N) is 1. The highest BCUT2D eigenvalue weighted by molar-refractivity contribution is 5.87. The van der Waals surface area contributed by atoms with Crippen molar-refractivity contribution >= 4 is 17.9 Å². The maximum Gasteiger partial charge on any atom is 0.330 e. The molecular formula is C12H19N3O4. The molecule has 7 nitrogen and oxygen atoms in total. The quantitative estimate of drug-likeness (QED) is 0.538. The molecule has 1 aliphatic rings. The van der Waals surface area contributed by atoms with Gasteiger partial charge >= 0.3 is 12.0 Å². The van der Waals surface area contributed by atoms with Gasteiger partial charge in [0.05, 0.1) is 7.11 Å². The molecule has 106 valence electrons. The molecule has 0 saturated carbocycles. The number of hydrogen-bond acceptors (Lipinski definition) is 4. The number of carbonyl (C=O) groups excluding carboxylic acids is 3. The standard InChI is InChI=1S/C12H19N3O4/c1-13-12(18)15-8-4-5-9(15)11(17)14-7-3-6-10(16)19-2/h3,6,9H,4-5,7-8H2,1-2H3,(H,13,18)(H,14,17)/b6-3+/t9-/m1/s1. The van der Waals surface area contributed by atoms with Crippen molar-refractivity contribution in [3.8, 4) is 0 Å². The van der Waals surface area contributed by atoms with Gasteiger partial charge in [-0.1, -0.05) is 6.08 Å². The number of esters is 1. The Morgan fingerprint density at radius 1 is 1.42 bits per heavy atom. The molecule has 1 atom stereocenters. The summed E-state index contributed by atoms with van der Waals surface area (Å²) in [5, 5.41) is 5.17. The molecule has 1 fully saturated rings. The van der Waals surface area contributed by atoms with Crippen molar-refractivity contribution in [2.24, 2.45) is 0 Å². The average molecular weight is 269 g/mol. The van der Waals surface area contributed by atoms with Crippen molar-refractivity contribution < 1.29 is 19.1 Å². The van der Waals surface area contributed by atoms with E-state index in [1.54, 1.807) is 0 Å². The highest BCUT2D eigenvalue weighted by Gasteiger charge is 2.33. The molecule has 1 saturated heterocycles. The number of nitrogens with one attached hydrogen (secondary N) is 2. The zero-order valence-corrected chi connectivity index (χ0v) is 11.1. The number of ether oxygens (including phenoxy) is 1. The van der Waals surface area contributed by atoms with Gasteiger partial charge in [0.2, 0.25) is 5.91 Å². The van der Waals surface area contributed by atoms with Gasteiger partial charge in [0, 0.05) is 26.2 Å². The maximum absolute atomic E-state index is 11.9. The Bertz CT molecular complexity index is 381. The first kappa shape index (κ1) is 15.0. The predicted molar refractivity (Wildman–Crippen MR) is 68.3 cm³/mol. The van der Waals surface area contributed by atoms with E-state index in [4.69, 9.17) is 0 Å². The monoisotopic (exact) mass is 269 g/mol. The van der Waals surface area contributed by atoms with Gasteiger partial charge < -0.3 is 20.3 Å². The van der Waals surface area contributed by atoms with Crippen molar-refractivity contribution in [1.29, 1.82) is 0 Å². The zero-order chi connectivity index (χ0) is 14.3. The molecule has 0 unspecified atom stereocenters. The summed E-state index contributed by atoms with van der Waals surface area (Å²) in [6, 6.07) is -0.686. The van der Waals surface area contributed by atoms with Gasteiger partial charge in [0.15, 0.2) is 0 Å². The second-order valence-corrected chi connectivity index (χ2v) is 4.08. The summed E-state index contributed by atoms with van der Waals surface area (Å²) in [6.07, 6.45) is 4.21. The maximum atomic E-state index is 11.9. The molecule has 7 heteroatoms. The molecule has 1 aliphatic heterocycles. The molecule has 1 rings (SSSR count). The largest absolute Gasteiger partial charge is 0.466 e. The smallest absolute Gasteiger partial charge is 0.330 e. The molecule has 0 bridgehead atoms. The predicted octanol–water partition coefficient (Wildman–Crippen LogP) is -0.364. The molecule has 0 spiro atoms. The molecule has 1 heterocycles. The van der Waals surface area contributed by atoms with E-state index in [1.807, 2.05) is 0 Å². The van der Waals surface area contributed by atoms with Gasteiger partial charge in [-0.3, -0.25) is 4.79 Å². The Balaban J connectivity index is 2.42. The number of urea groups is 1. The van der Waals surface area contributed by atoms with E-state index in [-0.39, 0.29) is 18.5 Å². The van der Waals surface area contributed by atoms with Crippen LogP contribution >= 0.6 is 0 Å². The topological polar surface area (TPSA) is 87.7 Å². The first-order valence-corrected chi connectivity index (χ1v) is 6.10. The van der Waals surface area contributed by atoms with Crippen molar-refractivity contribution in [3.05, 3.63) is 12.2 Å². The Morgan fingerprint density at radius 3 is 2.79 bits per heavy atom. The van der Waals surface area contributed by atoms with E-state index in [0.29, 0.717) is 13.0 Å². The highest BCUT2D eigenvalue weighted by Crippen LogP contribution is 2.17. The van der Waals surface area contributed by atoms with Crippen molar-refractivity contribution in [2.45, 2.75) is 18.9 Å². The number of rotatable bonds is 4. The van der Waals surface area contributed by atoms with Gasteiger partial charge in [-0.25, -0.2) is 9.59 Å². The number of carbonyl (C=O) groups is 3. The van der Waals surface area contributed by atoms with Crippen LogP contribution in [0.1, 0.15) is 12.8 Å². The third-order valence-electron chi connectivity index (χ3n) is 2.88. The third-order valence-corrected chi connectivity index (χ3v) is 2.88. The van der Waals surface area contributed by atoms with Crippen LogP contribution in [0, 0.1) is 0 Å². The highest BCUT2D eigenvalue weighted by atomic mass is 16.5. The van der Waals surface area contributed by atoms with Crippen LogP contribution in [0.4, 0.5) is 4.79 Å². The molecule has 0 radical (unpaired) electrons. The lowest BCUT2D eigenvalue weighted by molar-refractivity contribution is -0.134. The minimum atomic E-state index is -0.470. The van der Waals surface area contributed by atoms with Crippen LogP contribution < -0.4 is 10.6 Å². The summed E-state index contributed by atoms with van der Waals surface area (Å²) >= 11 is 0. The summed E-state index contributed by atoms with van der Waals surface area (Å²) in [5.41, 5.74) is 0.